The first-order chi connectivity index (χ1) is 13.1. The molecule has 2 amide bonds. The zero-order valence-electron chi connectivity index (χ0n) is 14.9. The Morgan fingerprint density at radius 1 is 0.963 bits per heavy atom. The highest BCUT2D eigenvalue weighted by Crippen LogP contribution is 2.24. The van der Waals surface area contributed by atoms with Gasteiger partial charge in [0.15, 0.2) is 0 Å². The van der Waals surface area contributed by atoms with Crippen molar-refractivity contribution in [3.63, 3.8) is 0 Å². The molecule has 2 heterocycles. The third-order valence-corrected chi connectivity index (χ3v) is 5.50. The van der Waals surface area contributed by atoms with Crippen molar-refractivity contribution in [2.24, 2.45) is 0 Å². The molecular weight excluding hydrogens is 362 g/mol. The maximum atomic E-state index is 12.4. The molecule has 136 valence electrons. The molecule has 1 aromatic heterocycles. The number of benzene rings is 2. The molecule has 0 unspecified atom stereocenters. The average molecular weight is 379 g/mol. The van der Waals surface area contributed by atoms with Crippen molar-refractivity contribution in [1.29, 1.82) is 0 Å². The van der Waals surface area contributed by atoms with Crippen LogP contribution in [0.25, 0.3) is 5.69 Å². The Balaban J connectivity index is 1.45. The Labute approximate surface area is 160 Å². The van der Waals surface area contributed by atoms with E-state index in [1.165, 1.54) is 22.2 Å². The van der Waals surface area contributed by atoms with Crippen LogP contribution in [0.1, 0.15) is 31.8 Å². The predicted molar refractivity (Wildman–Crippen MR) is 101 cm³/mol. The molecular formula is C19H17N5O2S. The molecule has 0 atom stereocenters. The van der Waals surface area contributed by atoms with E-state index in [4.69, 9.17) is 0 Å². The minimum atomic E-state index is -0.245. The number of aromatic nitrogens is 4. The van der Waals surface area contributed by atoms with Gasteiger partial charge >= 0.3 is 0 Å². The Morgan fingerprint density at radius 3 is 2.33 bits per heavy atom. The maximum Gasteiger partial charge on any atom is 0.261 e. The van der Waals surface area contributed by atoms with Crippen molar-refractivity contribution >= 4 is 23.6 Å². The summed E-state index contributed by atoms with van der Waals surface area (Å²) in [6, 6.07) is 12.9. The molecule has 7 nitrogen and oxygen atoms in total. The Bertz CT molecular complexity index is 1010. The van der Waals surface area contributed by atoms with Crippen LogP contribution in [0.3, 0.4) is 0 Å². The fourth-order valence-electron chi connectivity index (χ4n) is 2.96. The monoisotopic (exact) mass is 379 g/mol. The van der Waals surface area contributed by atoms with Gasteiger partial charge in [0.25, 0.3) is 11.8 Å². The Hall–Kier alpha value is -3.00. The van der Waals surface area contributed by atoms with E-state index in [2.05, 4.69) is 22.4 Å². The molecule has 0 saturated carbocycles. The molecule has 8 heteroatoms. The number of aryl methyl sites for hydroxylation is 2. The van der Waals surface area contributed by atoms with Crippen LogP contribution in [0.4, 0.5) is 0 Å². The lowest BCUT2D eigenvalue weighted by Gasteiger charge is -2.13. The van der Waals surface area contributed by atoms with Gasteiger partial charge < -0.3 is 0 Å². The summed E-state index contributed by atoms with van der Waals surface area (Å²) in [6.07, 6.45) is 0. The molecule has 0 spiro atoms. The van der Waals surface area contributed by atoms with Gasteiger partial charge in [0, 0.05) is 12.3 Å². The summed E-state index contributed by atoms with van der Waals surface area (Å²) in [4.78, 5) is 26.1. The van der Waals surface area contributed by atoms with Gasteiger partial charge in [-0.25, -0.2) is 0 Å². The number of hydrogen-bond donors (Lipinski definition) is 0. The van der Waals surface area contributed by atoms with E-state index in [1.54, 1.807) is 28.9 Å². The normalized spacial score (nSPS) is 13.3. The van der Waals surface area contributed by atoms with Crippen LogP contribution >= 0.6 is 11.8 Å². The molecule has 0 bridgehead atoms. The number of nitrogens with zero attached hydrogens (tertiary/aromatic N) is 5. The number of fused-ring (bicyclic) bond motifs is 1. The van der Waals surface area contributed by atoms with Gasteiger partial charge in [0.1, 0.15) is 0 Å². The van der Waals surface area contributed by atoms with Crippen molar-refractivity contribution in [2.45, 2.75) is 19.0 Å². The fraction of sp³-hybridized carbons (Fsp3) is 0.211. The predicted octanol–water partition coefficient (Wildman–Crippen LogP) is 2.67. The molecule has 0 N–H and O–H groups in total. The minimum absolute atomic E-state index is 0.245. The topological polar surface area (TPSA) is 81.0 Å². The SMILES string of the molecule is Cc1ccc(-n2nnnc2SCCN2C(=O)c3ccccc3C2=O)cc1C. The summed E-state index contributed by atoms with van der Waals surface area (Å²) in [6.45, 7) is 4.39. The lowest BCUT2D eigenvalue weighted by molar-refractivity contribution is 0.0664. The van der Waals surface area contributed by atoms with Gasteiger partial charge in [-0.2, -0.15) is 4.68 Å². The molecule has 0 saturated heterocycles. The molecule has 0 aliphatic carbocycles. The zero-order chi connectivity index (χ0) is 19.0. The molecule has 3 aromatic rings. The maximum absolute atomic E-state index is 12.4. The number of imide groups is 1. The largest absolute Gasteiger partial charge is 0.273 e. The number of amides is 2. The summed E-state index contributed by atoms with van der Waals surface area (Å²) in [5.74, 6) is 0.0198. The summed E-state index contributed by atoms with van der Waals surface area (Å²) in [5.41, 5.74) is 4.17. The van der Waals surface area contributed by atoms with Crippen molar-refractivity contribution in [3.05, 3.63) is 64.7 Å². The van der Waals surface area contributed by atoms with Crippen LogP contribution in [-0.2, 0) is 0 Å². The van der Waals surface area contributed by atoms with Crippen LogP contribution < -0.4 is 0 Å². The van der Waals surface area contributed by atoms with Gasteiger partial charge in [0.2, 0.25) is 5.16 Å². The molecule has 27 heavy (non-hydrogen) atoms. The lowest BCUT2D eigenvalue weighted by atomic mass is 10.1. The summed E-state index contributed by atoms with van der Waals surface area (Å²) >= 11 is 1.41. The second kappa shape index (κ2) is 6.96. The van der Waals surface area contributed by atoms with Gasteiger partial charge in [-0.3, -0.25) is 14.5 Å². The first kappa shape index (κ1) is 17.4. The first-order valence-corrected chi connectivity index (χ1v) is 9.49. The second-order valence-corrected chi connectivity index (χ2v) is 7.36. The van der Waals surface area contributed by atoms with Gasteiger partial charge in [-0.05, 0) is 59.7 Å². The minimum Gasteiger partial charge on any atom is -0.273 e. The fourth-order valence-corrected chi connectivity index (χ4v) is 3.77. The van der Waals surface area contributed by atoms with Crippen molar-refractivity contribution < 1.29 is 9.59 Å². The van der Waals surface area contributed by atoms with Gasteiger partial charge in [-0.1, -0.05) is 30.0 Å². The Morgan fingerprint density at radius 2 is 1.67 bits per heavy atom. The van der Waals surface area contributed by atoms with E-state index in [9.17, 15) is 9.59 Å². The van der Waals surface area contributed by atoms with Crippen LogP contribution in [0.5, 0.6) is 0 Å². The summed E-state index contributed by atoms with van der Waals surface area (Å²) < 4.78 is 1.67. The number of tetrazole rings is 1. The van der Waals surface area contributed by atoms with E-state index in [1.807, 2.05) is 25.1 Å². The standard InChI is InChI=1S/C19H17N5O2S/c1-12-7-8-14(11-13(12)2)24-19(20-21-22-24)27-10-9-23-17(25)15-5-3-4-6-16(15)18(23)26/h3-8,11H,9-10H2,1-2H3. The van der Waals surface area contributed by atoms with Crippen molar-refractivity contribution in [3.8, 4) is 5.69 Å². The highest BCUT2D eigenvalue weighted by molar-refractivity contribution is 7.99. The van der Waals surface area contributed by atoms with Crippen LogP contribution in [0.15, 0.2) is 47.6 Å². The van der Waals surface area contributed by atoms with E-state index in [0.717, 1.165) is 11.3 Å². The number of thioether (sulfide) groups is 1. The van der Waals surface area contributed by atoms with E-state index in [0.29, 0.717) is 28.6 Å². The van der Waals surface area contributed by atoms with Crippen LogP contribution in [-0.4, -0.2) is 49.2 Å². The van der Waals surface area contributed by atoms with Crippen LogP contribution in [0.2, 0.25) is 0 Å². The third kappa shape index (κ3) is 3.12. The Kier molecular flexibility index (Phi) is 4.49. The van der Waals surface area contributed by atoms with E-state index < -0.39 is 0 Å². The lowest BCUT2D eigenvalue weighted by Crippen LogP contribution is -2.31. The molecule has 0 fully saturated rings. The molecule has 4 rings (SSSR count). The average Bonchev–Trinajstić information content (AvgIpc) is 3.23. The summed E-state index contributed by atoms with van der Waals surface area (Å²) in [7, 11) is 0. The summed E-state index contributed by atoms with van der Waals surface area (Å²) in [5, 5.41) is 12.5. The molecule has 1 aliphatic rings. The van der Waals surface area contributed by atoms with E-state index in [-0.39, 0.29) is 11.8 Å². The second-order valence-electron chi connectivity index (χ2n) is 6.30. The van der Waals surface area contributed by atoms with Gasteiger partial charge in [-0.15, -0.1) is 5.10 Å². The number of carbonyl (C=O) groups excluding carboxylic acids is 2. The zero-order valence-corrected chi connectivity index (χ0v) is 15.7. The third-order valence-electron chi connectivity index (χ3n) is 4.60. The molecule has 2 aromatic carbocycles. The van der Waals surface area contributed by atoms with Crippen molar-refractivity contribution in [1.82, 2.24) is 25.1 Å². The first-order valence-electron chi connectivity index (χ1n) is 8.50. The highest BCUT2D eigenvalue weighted by Gasteiger charge is 2.34. The number of carbonyl (C=O) groups is 2. The number of hydrogen-bond acceptors (Lipinski definition) is 6. The number of rotatable bonds is 5. The van der Waals surface area contributed by atoms with Crippen molar-refractivity contribution in [2.75, 3.05) is 12.3 Å². The molecule has 1 aliphatic heterocycles. The highest BCUT2D eigenvalue weighted by atomic mass is 32.2. The smallest absolute Gasteiger partial charge is 0.261 e. The van der Waals surface area contributed by atoms with Gasteiger partial charge in [0.05, 0.1) is 16.8 Å². The van der Waals surface area contributed by atoms with Crippen LogP contribution in [0, 0.1) is 13.8 Å². The quantitative estimate of drug-likeness (QED) is 0.501. The molecule has 0 radical (unpaired) electrons. The van der Waals surface area contributed by atoms with E-state index >= 15 is 0 Å².